The molecular formula is C23H25N3O3S. The van der Waals surface area contributed by atoms with E-state index in [0.29, 0.717) is 6.54 Å². The number of fused-ring (bicyclic) bond motifs is 1. The van der Waals surface area contributed by atoms with Crippen molar-refractivity contribution < 1.29 is 14.3 Å². The van der Waals surface area contributed by atoms with Crippen LogP contribution < -0.4 is 15.4 Å². The molecule has 0 spiro atoms. The molecule has 0 bridgehead atoms. The van der Waals surface area contributed by atoms with Crippen molar-refractivity contribution in [1.29, 1.82) is 0 Å². The van der Waals surface area contributed by atoms with Crippen LogP contribution in [0.5, 0.6) is 5.75 Å². The highest BCUT2D eigenvalue weighted by Gasteiger charge is 2.16. The van der Waals surface area contributed by atoms with E-state index in [1.165, 1.54) is 11.8 Å². The highest BCUT2D eigenvalue weighted by molar-refractivity contribution is 7.99. The second-order valence-electron chi connectivity index (χ2n) is 6.73. The van der Waals surface area contributed by atoms with E-state index in [9.17, 15) is 9.59 Å². The lowest BCUT2D eigenvalue weighted by Gasteiger charge is -2.14. The van der Waals surface area contributed by atoms with Crippen molar-refractivity contribution in [3.05, 3.63) is 54.6 Å². The molecule has 1 heterocycles. The summed E-state index contributed by atoms with van der Waals surface area (Å²) in [4.78, 5) is 28.8. The molecular weight excluding hydrogens is 398 g/mol. The van der Waals surface area contributed by atoms with Crippen molar-refractivity contribution in [3.63, 3.8) is 0 Å². The van der Waals surface area contributed by atoms with Gasteiger partial charge in [-0.05, 0) is 43.2 Å². The van der Waals surface area contributed by atoms with Gasteiger partial charge in [0.2, 0.25) is 11.8 Å². The van der Waals surface area contributed by atoms with Crippen molar-refractivity contribution in [2.24, 2.45) is 0 Å². The number of hydrogen-bond acceptors (Lipinski definition) is 5. The van der Waals surface area contributed by atoms with E-state index in [-0.39, 0.29) is 17.6 Å². The average Bonchev–Trinajstić information content (AvgIpc) is 2.77. The third-order valence-corrected chi connectivity index (χ3v) is 5.46. The zero-order valence-electron chi connectivity index (χ0n) is 17.3. The average molecular weight is 424 g/mol. The Morgan fingerprint density at radius 3 is 2.60 bits per heavy atom. The number of pyridine rings is 1. The quantitative estimate of drug-likeness (QED) is 0.541. The summed E-state index contributed by atoms with van der Waals surface area (Å²) < 4.78 is 5.34. The second-order valence-corrected chi connectivity index (χ2v) is 7.73. The van der Waals surface area contributed by atoms with Crippen LogP contribution in [-0.2, 0) is 9.59 Å². The lowest BCUT2D eigenvalue weighted by Crippen LogP contribution is -2.45. The fourth-order valence-corrected chi connectivity index (χ4v) is 3.78. The van der Waals surface area contributed by atoms with E-state index in [0.717, 1.165) is 32.8 Å². The summed E-state index contributed by atoms with van der Waals surface area (Å²) in [6, 6.07) is 17.3. The van der Waals surface area contributed by atoms with Gasteiger partial charge < -0.3 is 15.4 Å². The number of nitrogens with zero attached hydrogens (tertiary/aromatic N) is 1. The molecule has 0 aliphatic heterocycles. The highest BCUT2D eigenvalue weighted by atomic mass is 32.2. The van der Waals surface area contributed by atoms with E-state index in [4.69, 9.17) is 9.72 Å². The maximum absolute atomic E-state index is 12.3. The van der Waals surface area contributed by atoms with Gasteiger partial charge in [0.05, 0.1) is 23.4 Å². The summed E-state index contributed by atoms with van der Waals surface area (Å²) in [6.45, 7) is 4.04. The third kappa shape index (κ3) is 5.30. The minimum atomic E-state index is -0.577. The zero-order valence-corrected chi connectivity index (χ0v) is 18.1. The fourth-order valence-electron chi connectivity index (χ4n) is 3.06. The van der Waals surface area contributed by atoms with Gasteiger partial charge in [0.25, 0.3) is 0 Å². The Morgan fingerprint density at radius 1 is 1.13 bits per heavy atom. The first kappa shape index (κ1) is 21.6. The predicted molar refractivity (Wildman–Crippen MR) is 121 cm³/mol. The van der Waals surface area contributed by atoms with Crippen molar-refractivity contribution in [3.8, 4) is 16.9 Å². The largest absolute Gasteiger partial charge is 0.497 e. The fraction of sp³-hybridized carbons (Fsp3) is 0.261. The molecule has 30 heavy (non-hydrogen) atoms. The molecule has 1 aromatic heterocycles. The second kappa shape index (κ2) is 10.1. The van der Waals surface area contributed by atoms with Crippen molar-refractivity contribution in [1.82, 2.24) is 15.6 Å². The molecule has 2 aromatic carbocycles. The minimum Gasteiger partial charge on any atom is -0.497 e. The van der Waals surface area contributed by atoms with Gasteiger partial charge in [0.15, 0.2) is 0 Å². The minimum absolute atomic E-state index is 0.167. The molecule has 0 aliphatic carbocycles. The molecule has 0 unspecified atom stereocenters. The van der Waals surface area contributed by atoms with Crippen LogP contribution in [-0.4, -0.2) is 42.2 Å². The standard InChI is InChI=1S/C23H25N3O3S/c1-4-24-23(28)15(2)25-21(27)14-30-22-13-19(16-8-6-5-7-9-16)18-11-10-17(29-3)12-20(18)26-22/h5-13,15H,4,14H2,1-3H3,(H,24,28)(H,25,27)/t15-/m1/s1. The van der Waals surface area contributed by atoms with Gasteiger partial charge in [0.1, 0.15) is 11.8 Å². The van der Waals surface area contributed by atoms with Gasteiger partial charge in [0, 0.05) is 18.0 Å². The SMILES string of the molecule is CCNC(=O)[C@@H](C)NC(=O)CSc1cc(-c2ccccc2)c2ccc(OC)cc2n1. The van der Waals surface area contributed by atoms with Crippen molar-refractivity contribution in [2.75, 3.05) is 19.4 Å². The number of aromatic nitrogens is 1. The zero-order chi connectivity index (χ0) is 21.5. The number of ether oxygens (including phenoxy) is 1. The molecule has 3 aromatic rings. The topological polar surface area (TPSA) is 80.3 Å². The van der Waals surface area contributed by atoms with Crippen molar-refractivity contribution >= 4 is 34.5 Å². The number of carbonyl (C=O) groups is 2. The van der Waals surface area contributed by atoms with Crippen LogP contribution >= 0.6 is 11.8 Å². The summed E-state index contributed by atoms with van der Waals surface area (Å²) >= 11 is 1.34. The molecule has 0 saturated carbocycles. The van der Waals surface area contributed by atoms with E-state index >= 15 is 0 Å². The Balaban J connectivity index is 1.83. The molecule has 2 amide bonds. The number of benzene rings is 2. The van der Waals surface area contributed by atoms with Crippen LogP contribution in [0, 0.1) is 0 Å². The van der Waals surface area contributed by atoms with Crippen LogP contribution in [0.15, 0.2) is 59.6 Å². The molecule has 3 rings (SSSR count). The van der Waals surface area contributed by atoms with E-state index in [1.807, 2.05) is 61.5 Å². The van der Waals surface area contributed by atoms with E-state index in [2.05, 4.69) is 10.6 Å². The van der Waals surface area contributed by atoms with Crippen LogP contribution in [0.3, 0.4) is 0 Å². The summed E-state index contributed by atoms with van der Waals surface area (Å²) in [5.41, 5.74) is 2.92. The lowest BCUT2D eigenvalue weighted by atomic mass is 10.0. The van der Waals surface area contributed by atoms with Crippen LogP contribution in [0.1, 0.15) is 13.8 Å². The Morgan fingerprint density at radius 2 is 1.90 bits per heavy atom. The normalized spacial score (nSPS) is 11.7. The molecule has 0 saturated heterocycles. The monoisotopic (exact) mass is 423 g/mol. The Kier molecular flexibility index (Phi) is 7.30. The van der Waals surface area contributed by atoms with Gasteiger partial charge in [-0.3, -0.25) is 9.59 Å². The Bertz CT molecular complexity index is 1040. The number of likely N-dealkylation sites (N-methyl/N-ethyl adjacent to an activating group) is 1. The van der Waals surface area contributed by atoms with Crippen molar-refractivity contribution in [2.45, 2.75) is 24.9 Å². The summed E-state index contributed by atoms with van der Waals surface area (Å²) in [5.74, 6) is 0.482. The first-order chi connectivity index (χ1) is 14.5. The molecule has 0 fully saturated rings. The maximum Gasteiger partial charge on any atom is 0.242 e. The van der Waals surface area contributed by atoms with E-state index in [1.54, 1.807) is 14.0 Å². The van der Waals surface area contributed by atoms with Gasteiger partial charge in [-0.1, -0.05) is 42.1 Å². The highest BCUT2D eigenvalue weighted by Crippen LogP contribution is 2.33. The number of carbonyl (C=O) groups excluding carboxylic acids is 2. The predicted octanol–water partition coefficient (Wildman–Crippen LogP) is 3.64. The first-order valence-electron chi connectivity index (χ1n) is 9.76. The van der Waals surface area contributed by atoms with Crippen LogP contribution in [0.2, 0.25) is 0 Å². The summed E-state index contributed by atoms with van der Waals surface area (Å²) in [5, 5.41) is 7.16. The molecule has 6 nitrogen and oxygen atoms in total. The number of nitrogens with one attached hydrogen (secondary N) is 2. The summed E-state index contributed by atoms with van der Waals surface area (Å²) in [7, 11) is 1.62. The molecule has 0 radical (unpaired) electrons. The van der Waals surface area contributed by atoms with Gasteiger partial charge in [-0.15, -0.1) is 0 Å². The number of methoxy groups -OCH3 is 1. The van der Waals surface area contributed by atoms with E-state index < -0.39 is 6.04 Å². The smallest absolute Gasteiger partial charge is 0.242 e. The number of rotatable bonds is 8. The molecule has 7 heteroatoms. The van der Waals surface area contributed by atoms with Gasteiger partial charge in [-0.25, -0.2) is 4.98 Å². The molecule has 0 aliphatic rings. The molecule has 2 N–H and O–H groups in total. The Labute approximate surface area is 180 Å². The first-order valence-corrected chi connectivity index (χ1v) is 10.7. The van der Waals surface area contributed by atoms with Crippen LogP contribution in [0.25, 0.3) is 22.0 Å². The van der Waals surface area contributed by atoms with Gasteiger partial charge >= 0.3 is 0 Å². The Hall–Kier alpha value is -3.06. The molecule has 156 valence electrons. The number of hydrogen-bond donors (Lipinski definition) is 2. The summed E-state index contributed by atoms with van der Waals surface area (Å²) in [6.07, 6.45) is 0. The maximum atomic E-state index is 12.3. The third-order valence-electron chi connectivity index (χ3n) is 4.55. The number of thioether (sulfide) groups is 1. The van der Waals surface area contributed by atoms with Crippen LogP contribution in [0.4, 0.5) is 0 Å². The lowest BCUT2D eigenvalue weighted by molar-refractivity contribution is -0.127. The number of amides is 2. The van der Waals surface area contributed by atoms with Gasteiger partial charge in [-0.2, -0.15) is 0 Å². The molecule has 1 atom stereocenters.